The van der Waals surface area contributed by atoms with Gasteiger partial charge in [-0.05, 0) is 25.1 Å². The third kappa shape index (κ3) is 2.99. The molecule has 0 aliphatic carbocycles. The van der Waals surface area contributed by atoms with Crippen LogP contribution in [0.5, 0.6) is 0 Å². The molecule has 0 saturated carbocycles. The van der Waals surface area contributed by atoms with Gasteiger partial charge in [-0.2, -0.15) is 0 Å². The second-order valence-electron chi connectivity index (χ2n) is 4.77. The molecule has 0 bridgehead atoms. The van der Waals surface area contributed by atoms with Crippen LogP contribution in [-0.2, 0) is 14.3 Å². The van der Waals surface area contributed by atoms with Gasteiger partial charge in [0, 0.05) is 12.2 Å². The van der Waals surface area contributed by atoms with Gasteiger partial charge in [0.2, 0.25) is 5.91 Å². The van der Waals surface area contributed by atoms with Gasteiger partial charge in [-0.1, -0.05) is 25.1 Å². The Morgan fingerprint density at radius 1 is 1.40 bits per heavy atom. The largest absolute Gasteiger partial charge is 0.468 e. The number of para-hydroxylation sites is 1. The van der Waals surface area contributed by atoms with Crippen LogP contribution in [0.4, 0.5) is 5.69 Å². The molecule has 1 aliphatic rings. The number of hydrogen-bond donors (Lipinski definition) is 0. The van der Waals surface area contributed by atoms with Crippen molar-refractivity contribution in [3.8, 4) is 0 Å². The fourth-order valence-corrected chi connectivity index (χ4v) is 2.54. The Hall–Kier alpha value is -1.88. The van der Waals surface area contributed by atoms with Gasteiger partial charge in [0.1, 0.15) is 0 Å². The topological polar surface area (TPSA) is 49.9 Å². The minimum atomic E-state index is -0.308. The lowest BCUT2D eigenvalue weighted by Crippen LogP contribution is -2.44. The Morgan fingerprint density at radius 2 is 2.10 bits per heavy atom. The van der Waals surface area contributed by atoms with Crippen molar-refractivity contribution in [2.45, 2.75) is 19.4 Å². The number of hydrogen-bond acceptors (Lipinski definition) is 4. The number of esters is 1. The second-order valence-corrected chi connectivity index (χ2v) is 4.77. The van der Waals surface area contributed by atoms with E-state index >= 15 is 0 Å². The SMILES string of the molecule is CCN(CC(=O)OC)[C@H]1CCN(c2ccccc2)C1=O. The van der Waals surface area contributed by atoms with Crippen LogP contribution in [0.1, 0.15) is 13.3 Å². The first-order valence-electron chi connectivity index (χ1n) is 6.84. The van der Waals surface area contributed by atoms with E-state index in [0.717, 1.165) is 12.1 Å². The third-order valence-corrected chi connectivity index (χ3v) is 3.65. The Balaban J connectivity index is 2.08. The highest BCUT2D eigenvalue weighted by molar-refractivity contribution is 5.99. The lowest BCUT2D eigenvalue weighted by molar-refractivity contribution is -0.142. The van der Waals surface area contributed by atoms with Gasteiger partial charge in [-0.25, -0.2) is 0 Å². The molecule has 1 atom stereocenters. The molecule has 0 radical (unpaired) electrons. The molecule has 1 aromatic carbocycles. The number of carbonyl (C=O) groups is 2. The highest BCUT2D eigenvalue weighted by Gasteiger charge is 2.36. The molecule has 0 aromatic heterocycles. The molecule has 1 saturated heterocycles. The van der Waals surface area contributed by atoms with Crippen LogP contribution in [0.2, 0.25) is 0 Å². The zero-order valence-electron chi connectivity index (χ0n) is 11.9. The molecule has 2 rings (SSSR count). The average Bonchev–Trinajstić information content (AvgIpc) is 2.87. The normalized spacial score (nSPS) is 18.6. The first-order chi connectivity index (χ1) is 9.67. The smallest absolute Gasteiger partial charge is 0.319 e. The number of methoxy groups -OCH3 is 1. The average molecular weight is 276 g/mol. The van der Waals surface area contributed by atoms with E-state index in [1.165, 1.54) is 7.11 Å². The van der Waals surface area contributed by atoms with Crippen molar-refractivity contribution in [2.75, 3.05) is 31.6 Å². The number of anilines is 1. The van der Waals surface area contributed by atoms with E-state index in [1.807, 2.05) is 42.2 Å². The zero-order valence-corrected chi connectivity index (χ0v) is 11.9. The maximum atomic E-state index is 12.5. The van der Waals surface area contributed by atoms with E-state index in [2.05, 4.69) is 4.74 Å². The van der Waals surface area contributed by atoms with Gasteiger partial charge in [0.15, 0.2) is 0 Å². The van der Waals surface area contributed by atoms with Crippen LogP contribution in [0.3, 0.4) is 0 Å². The van der Waals surface area contributed by atoms with Crippen molar-refractivity contribution in [3.05, 3.63) is 30.3 Å². The molecule has 0 spiro atoms. The molecule has 1 fully saturated rings. The summed E-state index contributed by atoms with van der Waals surface area (Å²) in [4.78, 5) is 27.6. The zero-order chi connectivity index (χ0) is 14.5. The fraction of sp³-hybridized carbons (Fsp3) is 0.467. The Labute approximate surface area is 119 Å². The number of amides is 1. The molecule has 0 N–H and O–H groups in total. The molecule has 5 nitrogen and oxygen atoms in total. The number of benzene rings is 1. The Morgan fingerprint density at radius 3 is 2.70 bits per heavy atom. The lowest BCUT2D eigenvalue weighted by atomic mass is 10.2. The highest BCUT2D eigenvalue weighted by atomic mass is 16.5. The minimum Gasteiger partial charge on any atom is -0.468 e. The van der Waals surface area contributed by atoms with E-state index in [4.69, 9.17) is 0 Å². The molecule has 20 heavy (non-hydrogen) atoms. The molecule has 0 unspecified atom stereocenters. The van der Waals surface area contributed by atoms with Crippen molar-refractivity contribution in [2.24, 2.45) is 0 Å². The maximum Gasteiger partial charge on any atom is 0.319 e. The number of rotatable bonds is 5. The standard InChI is InChI=1S/C15H20N2O3/c1-3-16(11-14(18)20-2)13-9-10-17(15(13)19)12-7-5-4-6-8-12/h4-8,13H,3,9-11H2,1-2H3/t13-/m0/s1. The number of ether oxygens (including phenoxy) is 1. The van der Waals surface area contributed by atoms with Crippen LogP contribution in [-0.4, -0.2) is 49.6 Å². The fourth-order valence-electron chi connectivity index (χ4n) is 2.54. The quantitative estimate of drug-likeness (QED) is 0.760. The lowest BCUT2D eigenvalue weighted by Gasteiger charge is -2.25. The van der Waals surface area contributed by atoms with Crippen molar-refractivity contribution in [1.29, 1.82) is 0 Å². The Kier molecular flexibility index (Phi) is 4.74. The molecular weight excluding hydrogens is 256 g/mol. The van der Waals surface area contributed by atoms with Crippen molar-refractivity contribution >= 4 is 17.6 Å². The van der Waals surface area contributed by atoms with Crippen molar-refractivity contribution in [1.82, 2.24) is 4.90 Å². The van der Waals surface area contributed by atoms with Crippen molar-refractivity contribution in [3.63, 3.8) is 0 Å². The first-order valence-corrected chi connectivity index (χ1v) is 6.84. The molecule has 1 amide bonds. The van der Waals surface area contributed by atoms with Crippen LogP contribution in [0, 0.1) is 0 Å². The molecule has 5 heteroatoms. The number of carbonyl (C=O) groups excluding carboxylic acids is 2. The summed E-state index contributed by atoms with van der Waals surface area (Å²) >= 11 is 0. The summed E-state index contributed by atoms with van der Waals surface area (Å²) in [6.45, 7) is 3.44. The van der Waals surface area contributed by atoms with Gasteiger partial charge in [0.25, 0.3) is 0 Å². The number of nitrogens with zero attached hydrogens (tertiary/aromatic N) is 2. The summed E-state index contributed by atoms with van der Waals surface area (Å²) in [5.41, 5.74) is 0.911. The predicted octanol–water partition coefficient (Wildman–Crippen LogP) is 1.29. The van der Waals surface area contributed by atoms with Gasteiger partial charge in [0.05, 0.1) is 19.7 Å². The van der Waals surface area contributed by atoms with Crippen LogP contribution >= 0.6 is 0 Å². The van der Waals surface area contributed by atoms with Gasteiger partial charge < -0.3 is 9.64 Å². The van der Waals surface area contributed by atoms with Crippen LogP contribution in [0.15, 0.2) is 30.3 Å². The summed E-state index contributed by atoms with van der Waals surface area (Å²) in [5.74, 6) is -0.250. The summed E-state index contributed by atoms with van der Waals surface area (Å²) in [5, 5.41) is 0. The van der Waals surface area contributed by atoms with Gasteiger partial charge >= 0.3 is 5.97 Å². The monoisotopic (exact) mass is 276 g/mol. The van der Waals surface area contributed by atoms with E-state index in [9.17, 15) is 9.59 Å². The van der Waals surface area contributed by atoms with E-state index in [-0.39, 0.29) is 24.5 Å². The maximum absolute atomic E-state index is 12.5. The molecule has 108 valence electrons. The van der Waals surface area contributed by atoms with E-state index < -0.39 is 0 Å². The third-order valence-electron chi connectivity index (χ3n) is 3.65. The first kappa shape index (κ1) is 14.5. The predicted molar refractivity (Wildman–Crippen MR) is 76.5 cm³/mol. The molecule has 1 heterocycles. The van der Waals surface area contributed by atoms with E-state index in [1.54, 1.807) is 4.90 Å². The molecular formula is C15H20N2O3. The van der Waals surface area contributed by atoms with Crippen LogP contribution < -0.4 is 4.90 Å². The van der Waals surface area contributed by atoms with E-state index in [0.29, 0.717) is 13.1 Å². The Bertz CT molecular complexity index is 475. The van der Waals surface area contributed by atoms with Crippen molar-refractivity contribution < 1.29 is 14.3 Å². The van der Waals surface area contributed by atoms with Gasteiger partial charge in [-0.3, -0.25) is 14.5 Å². The summed E-state index contributed by atoms with van der Waals surface area (Å²) in [6, 6.07) is 9.38. The minimum absolute atomic E-state index is 0.0574. The van der Waals surface area contributed by atoms with Crippen LogP contribution in [0.25, 0.3) is 0 Å². The summed E-state index contributed by atoms with van der Waals surface area (Å²) < 4.78 is 4.68. The second kappa shape index (κ2) is 6.52. The summed E-state index contributed by atoms with van der Waals surface area (Å²) in [7, 11) is 1.36. The molecule has 1 aliphatic heterocycles. The molecule has 1 aromatic rings. The van der Waals surface area contributed by atoms with Gasteiger partial charge in [-0.15, -0.1) is 0 Å². The summed E-state index contributed by atoms with van der Waals surface area (Å²) in [6.07, 6.45) is 0.735. The highest BCUT2D eigenvalue weighted by Crippen LogP contribution is 2.24. The number of likely N-dealkylation sites (N-methyl/N-ethyl adjacent to an activating group) is 1.